The summed E-state index contributed by atoms with van der Waals surface area (Å²) in [4.78, 5) is 0. The van der Waals surface area contributed by atoms with Crippen LogP contribution in [-0.2, 0) is 11.2 Å². The van der Waals surface area contributed by atoms with Crippen LogP contribution in [0, 0.1) is 11.7 Å². The van der Waals surface area contributed by atoms with E-state index in [-0.39, 0.29) is 16.9 Å². The molecule has 0 aromatic heterocycles. The molecule has 4 heteroatoms. The van der Waals surface area contributed by atoms with E-state index < -0.39 is 0 Å². The number of benzene rings is 1. The van der Waals surface area contributed by atoms with Gasteiger partial charge < -0.3 is 10.5 Å². The highest BCUT2D eigenvalue weighted by Gasteiger charge is 2.30. The largest absolute Gasteiger partial charge is 0.378 e. The second-order valence-corrected chi connectivity index (χ2v) is 5.71. The van der Waals surface area contributed by atoms with Gasteiger partial charge in [-0.3, -0.25) is 0 Å². The molecular weight excluding hydrogens is 265 g/mol. The minimum absolute atomic E-state index is 0.0341. The summed E-state index contributed by atoms with van der Waals surface area (Å²) in [6, 6.07) is 4.93. The van der Waals surface area contributed by atoms with Gasteiger partial charge in [-0.1, -0.05) is 23.7 Å². The van der Waals surface area contributed by atoms with E-state index in [4.69, 9.17) is 22.1 Å². The van der Waals surface area contributed by atoms with Gasteiger partial charge in [-0.05, 0) is 50.2 Å². The molecule has 2 N–H and O–H groups in total. The number of nitrogens with two attached hydrogens (primary N) is 1. The average molecular weight is 286 g/mol. The smallest absolute Gasteiger partial charge is 0.142 e. The highest BCUT2D eigenvalue weighted by atomic mass is 35.5. The van der Waals surface area contributed by atoms with Crippen LogP contribution < -0.4 is 5.73 Å². The molecule has 1 aromatic carbocycles. The topological polar surface area (TPSA) is 35.2 Å². The van der Waals surface area contributed by atoms with E-state index in [1.165, 1.54) is 6.07 Å². The lowest BCUT2D eigenvalue weighted by atomic mass is 9.77. The van der Waals surface area contributed by atoms with Crippen LogP contribution in [0.3, 0.4) is 0 Å². The molecule has 0 spiro atoms. The van der Waals surface area contributed by atoms with E-state index >= 15 is 0 Å². The number of hydrogen-bond donors (Lipinski definition) is 1. The van der Waals surface area contributed by atoms with Crippen molar-refractivity contribution in [2.45, 2.75) is 44.8 Å². The lowest BCUT2D eigenvalue weighted by Crippen LogP contribution is -2.36. The summed E-state index contributed by atoms with van der Waals surface area (Å²) >= 11 is 5.94. The van der Waals surface area contributed by atoms with Gasteiger partial charge in [0.1, 0.15) is 5.82 Å². The second kappa shape index (κ2) is 6.69. The van der Waals surface area contributed by atoms with Gasteiger partial charge in [0.05, 0.1) is 11.1 Å². The summed E-state index contributed by atoms with van der Waals surface area (Å²) in [5.41, 5.74) is 6.93. The lowest BCUT2D eigenvalue weighted by molar-refractivity contribution is -0.0280. The van der Waals surface area contributed by atoms with Crippen LogP contribution in [0.25, 0.3) is 0 Å². The number of hydrogen-bond acceptors (Lipinski definition) is 2. The van der Waals surface area contributed by atoms with Crippen molar-refractivity contribution in [1.82, 2.24) is 0 Å². The normalized spacial score (nSPS) is 24.0. The number of halogens is 2. The Labute approximate surface area is 119 Å². The summed E-state index contributed by atoms with van der Waals surface area (Å²) in [7, 11) is 0. The van der Waals surface area contributed by atoms with E-state index in [0.29, 0.717) is 18.4 Å². The summed E-state index contributed by atoms with van der Waals surface area (Å²) in [6.45, 7) is 2.80. The Balaban J connectivity index is 1.79. The van der Waals surface area contributed by atoms with Crippen molar-refractivity contribution in [1.29, 1.82) is 0 Å². The average Bonchev–Trinajstić information content (AvgIpc) is 2.32. The van der Waals surface area contributed by atoms with Crippen molar-refractivity contribution in [3.05, 3.63) is 34.6 Å². The Hall–Kier alpha value is -0.640. The Kier molecular flexibility index (Phi) is 5.20. The van der Waals surface area contributed by atoms with Gasteiger partial charge in [-0.2, -0.15) is 0 Å². The summed E-state index contributed by atoms with van der Waals surface area (Å²) in [6.07, 6.45) is 4.19. The third kappa shape index (κ3) is 3.91. The molecule has 0 bridgehead atoms. The quantitative estimate of drug-likeness (QED) is 0.867. The first-order valence-corrected chi connectivity index (χ1v) is 7.28. The van der Waals surface area contributed by atoms with Crippen molar-refractivity contribution >= 4 is 11.6 Å². The van der Waals surface area contributed by atoms with Crippen LogP contribution in [0.15, 0.2) is 18.2 Å². The predicted molar refractivity (Wildman–Crippen MR) is 75.8 cm³/mol. The lowest BCUT2D eigenvalue weighted by Gasteiger charge is -2.36. The van der Waals surface area contributed by atoms with E-state index in [9.17, 15) is 4.39 Å². The summed E-state index contributed by atoms with van der Waals surface area (Å²) in [5.74, 6) is 0.269. The van der Waals surface area contributed by atoms with Crippen molar-refractivity contribution in [3.8, 4) is 0 Å². The van der Waals surface area contributed by atoms with E-state index in [1.807, 2.05) is 13.0 Å². The Bertz CT molecular complexity index is 421. The van der Waals surface area contributed by atoms with E-state index in [1.54, 1.807) is 6.07 Å². The fourth-order valence-electron chi connectivity index (χ4n) is 2.74. The summed E-state index contributed by atoms with van der Waals surface area (Å²) in [5, 5.41) is 0.207. The number of rotatable bonds is 6. The standard InChI is InChI=1S/C15H21ClFNO/c1-2-19-13-7-10(8-13)6-12(18)9-11-4-3-5-14(17)15(11)16/h3-5,10,12-13H,2,6-9,18H2,1H3. The van der Waals surface area contributed by atoms with Crippen LogP contribution in [0.2, 0.25) is 5.02 Å². The molecule has 1 saturated carbocycles. The van der Waals surface area contributed by atoms with E-state index in [0.717, 1.165) is 31.4 Å². The fraction of sp³-hybridized carbons (Fsp3) is 0.600. The molecule has 1 fully saturated rings. The fourth-order valence-corrected chi connectivity index (χ4v) is 2.94. The maximum absolute atomic E-state index is 13.3. The Morgan fingerprint density at radius 1 is 1.47 bits per heavy atom. The molecule has 2 nitrogen and oxygen atoms in total. The molecule has 1 atom stereocenters. The van der Waals surface area contributed by atoms with Gasteiger partial charge in [0.25, 0.3) is 0 Å². The van der Waals surface area contributed by atoms with Crippen molar-refractivity contribution in [2.24, 2.45) is 11.7 Å². The van der Waals surface area contributed by atoms with Crippen molar-refractivity contribution < 1.29 is 9.13 Å². The molecule has 0 aliphatic heterocycles. The molecule has 1 aromatic rings. The molecule has 2 rings (SSSR count). The molecule has 0 heterocycles. The van der Waals surface area contributed by atoms with Crippen LogP contribution in [0.5, 0.6) is 0 Å². The predicted octanol–water partition coefficient (Wildman–Crippen LogP) is 3.55. The summed E-state index contributed by atoms with van der Waals surface area (Å²) < 4.78 is 18.8. The van der Waals surface area contributed by atoms with Gasteiger partial charge >= 0.3 is 0 Å². The first kappa shape index (κ1) is 14.8. The molecule has 0 saturated heterocycles. The molecular formula is C15H21ClFNO. The molecule has 106 valence electrons. The molecule has 19 heavy (non-hydrogen) atoms. The maximum Gasteiger partial charge on any atom is 0.142 e. The molecule has 1 aliphatic carbocycles. The van der Waals surface area contributed by atoms with Crippen LogP contribution >= 0.6 is 11.6 Å². The molecule has 0 radical (unpaired) electrons. The van der Waals surface area contributed by atoms with E-state index in [2.05, 4.69) is 0 Å². The third-order valence-corrected chi connectivity index (χ3v) is 4.17. The zero-order valence-corrected chi connectivity index (χ0v) is 12.0. The zero-order valence-electron chi connectivity index (χ0n) is 11.2. The highest BCUT2D eigenvalue weighted by molar-refractivity contribution is 6.31. The van der Waals surface area contributed by atoms with Crippen LogP contribution in [-0.4, -0.2) is 18.8 Å². The monoisotopic (exact) mass is 285 g/mol. The molecule has 1 unspecified atom stereocenters. The maximum atomic E-state index is 13.3. The minimum Gasteiger partial charge on any atom is -0.378 e. The third-order valence-electron chi connectivity index (χ3n) is 3.74. The Morgan fingerprint density at radius 2 is 2.21 bits per heavy atom. The minimum atomic E-state index is -0.369. The van der Waals surface area contributed by atoms with Crippen LogP contribution in [0.4, 0.5) is 4.39 Å². The van der Waals surface area contributed by atoms with Crippen molar-refractivity contribution in [3.63, 3.8) is 0 Å². The van der Waals surface area contributed by atoms with Gasteiger partial charge in [0.15, 0.2) is 0 Å². The van der Waals surface area contributed by atoms with Gasteiger partial charge in [0.2, 0.25) is 0 Å². The van der Waals surface area contributed by atoms with Gasteiger partial charge in [-0.25, -0.2) is 4.39 Å². The second-order valence-electron chi connectivity index (χ2n) is 5.33. The first-order valence-electron chi connectivity index (χ1n) is 6.90. The zero-order chi connectivity index (χ0) is 13.8. The molecule has 1 aliphatic rings. The van der Waals surface area contributed by atoms with Gasteiger partial charge in [-0.15, -0.1) is 0 Å². The van der Waals surface area contributed by atoms with Gasteiger partial charge in [0, 0.05) is 12.6 Å². The highest BCUT2D eigenvalue weighted by Crippen LogP contribution is 2.34. The molecule has 0 amide bonds. The SMILES string of the molecule is CCOC1CC(CC(N)Cc2cccc(F)c2Cl)C1. The van der Waals surface area contributed by atoms with Crippen molar-refractivity contribution in [2.75, 3.05) is 6.61 Å². The van der Waals surface area contributed by atoms with Crippen LogP contribution in [0.1, 0.15) is 31.7 Å². The Morgan fingerprint density at radius 3 is 2.89 bits per heavy atom. The number of ether oxygens (including phenoxy) is 1. The first-order chi connectivity index (χ1) is 9.10.